The fourth-order valence-corrected chi connectivity index (χ4v) is 5.54. The monoisotopic (exact) mass is 467 g/mol. The number of nitrogens with zero attached hydrogens (tertiary/aromatic N) is 2. The molecule has 1 fully saturated rings. The smallest absolute Gasteiger partial charge is 0.119 e. The minimum absolute atomic E-state index is 0.0473. The van der Waals surface area contributed by atoms with Gasteiger partial charge >= 0.3 is 0 Å². The molecule has 0 bridgehead atoms. The van der Waals surface area contributed by atoms with Crippen LogP contribution in [0.2, 0.25) is 0 Å². The third-order valence-corrected chi connectivity index (χ3v) is 7.20. The van der Waals surface area contributed by atoms with Gasteiger partial charge in [0.15, 0.2) is 0 Å². The number of para-hydroxylation sites is 1. The Bertz CT molecular complexity index is 1110. The fourth-order valence-electron chi connectivity index (χ4n) is 5.54. The van der Waals surface area contributed by atoms with E-state index in [0.717, 1.165) is 48.6 Å². The van der Waals surface area contributed by atoms with Gasteiger partial charge in [-0.3, -0.25) is 14.2 Å². The van der Waals surface area contributed by atoms with Crippen LogP contribution in [0.4, 0.5) is 8.78 Å². The first-order chi connectivity index (χ1) is 16.3. The molecule has 2 aliphatic rings. The van der Waals surface area contributed by atoms with E-state index in [1.807, 2.05) is 12.1 Å². The maximum absolute atomic E-state index is 14.9. The summed E-state index contributed by atoms with van der Waals surface area (Å²) in [6.45, 7) is 8.70. The largest absolute Gasteiger partial charge is 0.492 e. The normalized spacial score (nSPS) is 22.0. The highest BCUT2D eigenvalue weighted by atomic mass is 19.1. The van der Waals surface area contributed by atoms with Crippen LogP contribution in [0.5, 0.6) is 5.75 Å². The predicted octanol–water partition coefficient (Wildman–Crippen LogP) is 5.53. The molecule has 1 unspecified atom stereocenters. The van der Waals surface area contributed by atoms with Crippen molar-refractivity contribution in [1.29, 1.82) is 0 Å². The highest BCUT2D eigenvalue weighted by Gasteiger charge is 2.38. The van der Waals surface area contributed by atoms with Crippen LogP contribution in [-0.4, -0.2) is 66.0 Å². The van der Waals surface area contributed by atoms with E-state index < -0.39 is 5.67 Å². The highest BCUT2D eigenvalue weighted by molar-refractivity contribution is 5.85. The van der Waals surface area contributed by atoms with Gasteiger partial charge in [0.2, 0.25) is 0 Å². The topological polar surface area (TPSA) is 31.5 Å². The third-order valence-electron chi connectivity index (χ3n) is 7.20. The maximum Gasteiger partial charge on any atom is 0.119 e. The first-order valence-electron chi connectivity index (χ1n) is 12.4. The summed E-state index contributed by atoms with van der Waals surface area (Å²) in [5.74, 6) is 1.02. The van der Waals surface area contributed by atoms with Crippen LogP contribution < -0.4 is 4.74 Å². The van der Waals surface area contributed by atoms with E-state index >= 15 is 0 Å². The van der Waals surface area contributed by atoms with Crippen molar-refractivity contribution in [1.82, 2.24) is 14.8 Å². The number of likely N-dealkylation sites (tertiary alicyclic amines) is 1. The lowest BCUT2D eigenvalue weighted by Gasteiger charge is -2.43. The Morgan fingerprint density at radius 3 is 2.53 bits per heavy atom. The summed E-state index contributed by atoms with van der Waals surface area (Å²) < 4.78 is 33.4. The van der Waals surface area contributed by atoms with Crippen LogP contribution >= 0.6 is 0 Å². The number of hydrogen-bond donors (Lipinski definition) is 1. The van der Waals surface area contributed by atoms with E-state index in [4.69, 9.17) is 4.74 Å². The molecule has 0 amide bonds. The van der Waals surface area contributed by atoms with Crippen molar-refractivity contribution in [2.24, 2.45) is 5.92 Å². The molecule has 5 rings (SSSR count). The van der Waals surface area contributed by atoms with Crippen molar-refractivity contribution >= 4 is 10.9 Å². The molecule has 34 heavy (non-hydrogen) atoms. The highest BCUT2D eigenvalue weighted by Crippen LogP contribution is 2.41. The Kier molecular flexibility index (Phi) is 6.38. The molecule has 1 aromatic heterocycles. The van der Waals surface area contributed by atoms with Crippen LogP contribution in [-0.2, 0) is 6.42 Å². The maximum atomic E-state index is 14.9. The van der Waals surface area contributed by atoms with Gasteiger partial charge in [-0.05, 0) is 56.5 Å². The molecule has 0 aliphatic carbocycles. The summed E-state index contributed by atoms with van der Waals surface area (Å²) in [4.78, 5) is 8.16. The first-order valence-corrected chi connectivity index (χ1v) is 12.4. The zero-order valence-corrected chi connectivity index (χ0v) is 20.4. The van der Waals surface area contributed by atoms with Gasteiger partial charge in [0, 0.05) is 54.7 Å². The van der Waals surface area contributed by atoms with Gasteiger partial charge in [-0.2, -0.15) is 0 Å². The third kappa shape index (κ3) is 4.71. The van der Waals surface area contributed by atoms with E-state index in [1.54, 1.807) is 13.8 Å². The SMILES string of the molecule is C[C@@H]1Cc2c([nH]c3ccccc23)C(c2ccc(OCCN3CC(CF)C3)cc2)N1CC(C)(C)F. The Morgan fingerprint density at radius 2 is 1.82 bits per heavy atom. The van der Waals surface area contributed by atoms with Crippen molar-refractivity contribution in [2.75, 3.05) is 39.5 Å². The molecule has 3 aromatic rings. The molecular weight excluding hydrogens is 432 g/mol. The summed E-state index contributed by atoms with van der Waals surface area (Å²) in [7, 11) is 0. The van der Waals surface area contributed by atoms with E-state index in [-0.39, 0.29) is 24.7 Å². The predicted molar refractivity (Wildman–Crippen MR) is 133 cm³/mol. The number of H-pyrrole nitrogens is 1. The van der Waals surface area contributed by atoms with Gasteiger partial charge < -0.3 is 9.72 Å². The average molecular weight is 468 g/mol. The Labute approximate surface area is 200 Å². The molecule has 2 aromatic carbocycles. The molecule has 1 saturated heterocycles. The molecular formula is C28H35F2N3O. The Morgan fingerprint density at radius 1 is 1.09 bits per heavy atom. The van der Waals surface area contributed by atoms with E-state index in [1.165, 1.54) is 10.9 Å². The fraction of sp³-hybridized carbons (Fsp3) is 0.500. The molecule has 1 N–H and O–H groups in total. The number of benzene rings is 2. The lowest BCUT2D eigenvalue weighted by molar-refractivity contribution is 0.0660. The van der Waals surface area contributed by atoms with Crippen molar-refractivity contribution in [3.8, 4) is 5.75 Å². The van der Waals surface area contributed by atoms with Crippen molar-refractivity contribution in [2.45, 2.75) is 44.9 Å². The summed E-state index contributed by atoms with van der Waals surface area (Å²) in [6, 6.07) is 16.8. The van der Waals surface area contributed by atoms with Gasteiger partial charge in [-0.25, -0.2) is 4.39 Å². The van der Waals surface area contributed by atoms with E-state index in [0.29, 0.717) is 13.2 Å². The van der Waals surface area contributed by atoms with Crippen LogP contribution in [0, 0.1) is 5.92 Å². The van der Waals surface area contributed by atoms with E-state index in [9.17, 15) is 8.78 Å². The number of rotatable bonds is 8. The van der Waals surface area contributed by atoms with Crippen LogP contribution in [0.1, 0.15) is 43.6 Å². The van der Waals surface area contributed by atoms with Crippen molar-refractivity contribution < 1.29 is 13.5 Å². The van der Waals surface area contributed by atoms with Gasteiger partial charge in [0.1, 0.15) is 18.0 Å². The second-order valence-electron chi connectivity index (χ2n) is 10.6. The Hall–Kier alpha value is -2.44. The van der Waals surface area contributed by atoms with Gasteiger partial charge in [-0.1, -0.05) is 30.3 Å². The number of ether oxygens (including phenoxy) is 1. The minimum Gasteiger partial charge on any atom is -0.492 e. The molecule has 2 aliphatic heterocycles. The molecule has 4 nitrogen and oxygen atoms in total. The Balaban J connectivity index is 1.38. The quantitative estimate of drug-likeness (QED) is 0.473. The summed E-state index contributed by atoms with van der Waals surface area (Å²) in [6.07, 6.45) is 0.896. The second kappa shape index (κ2) is 9.31. The number of aromatic amines is 1. The summed E-state index contributed by atoms with van der Waals surface area (Å²) in [5, 5.41) is 1.26. The summed E-state index contributed by atoms with van der Waals surface area (Å²) >= 11 is 0. The number of hydrogen-bond acceptors (Lipinski definition) is 3. The zero-order chi connectivity index (χ0) is 23.9. The zero-order valence-electron chi connectivity index (χ0n) is 20.4. The lowest BCUT2D eigenvalue weighted by atomic mass is 9.87. The molecule has 2 atom stereocenters. The molecule has 0 saturated carbocycles. The molecule has 182 valence electrons. The molecule has 3 heterocycles. The molecule has 0 spiro atoms. The number of fused-ring (bicyclic) bond motifs is 3. The first kappa shape index (κ1) is 23.3. The number of alkyl halides is 2. The van der Waals surface area contributed by atoms with Crippen molar-refractivity contribution in [3.05, 3.63) is 65.4 Å². The summed E-state index contributed by atoms with van der Waals surface area (Å²) in [5.41, 5.74) is 3.47. The van der Waals surface area contributed by atoms with Gasteiger partial charge in [0.25, 0.3) is 0 Å². The molecule has 6 heteroatoms. The van der Waals surface area contributed by atoms with Crippen LogP contribution in [0.3, 0.4) is 0 Å². The number of nitrogens with one attached hydrogen (secondary N) is 1. The lowest BCUT2D eigenvalue weighted by Crippen LogP contribution is -2.49. The minimum atomic E-state index is -1.29. The number of halogens is 2. The van der Waals surface area contributed by atoms with Crippen molar-refractivity contribution in [3.63, 3.8) is 0 Å². The average Bonchev–Trinajstić information content (AvgIpc) is 3.13. The van der Waals surface area contributed by atoms with Gasteiger partial charge in [-0.15, -0.1) is 0 Å². The standard InChI is InChI=1S/C28H35F2N3O/c1-19-14-24-23-6-4-5-7-25(23)31-26(24)27(33(19)18-28(2,3)30)21-8-10-22(11-9-21)34-13-12-32-16-20(15-29)17-32/h4-11,19-20,27,31H,12-18H2,1-3H3/t19-,27?/m1/s1. The van der Waals surface area contributed by atoms with Gasteiger partial charge in [0.05, 0.1) is 12.7 Å². The van der Waals surface area contributed by atoms with E-state index in [2.05, 4.69) is 58.1 Å². The molecule has 0 radical (unpaired) electrons. The second-order valence-corrected chi connectivity index (χ2v) is 10.6. The van der Waals surface area contributed by atoms with Crippen LogP contribution in [0.25, 0.3) is 10.9 Å². The van der Waals surface area contributed by atoms with Crippen LogP contribution in [0.15, 0.2) is 48.5 Å². The number of aromatic nitrogens is 1.